The minimum atomic E-state index is -2.98. The van der Waals surface area contributed by atoms with E-state index < -0.39 is 92.6 Å². The number of aliphatic hydroxyl groups is 3. The van der Waals surface area contributed by atoms with Gasteiger partial charge in [0, 0.05) is 23.1 Å². The van der Waals surface area contributed by atoms with Gasteiger partial charge in [0.2, 0.25) is 17.6 Å². The van der Waals surface area contributed by atoms with Crippen LogP contribution in [0, 0.1) is 17.7 Å². The highest BCUT2D eigenvalue weighted by molar-refractivity contribution is 6.25. The van der Waals surface area contributed by atoms with Gasteiger partial charge in [0.15, 0.2) is 17.1 Å². The predicted octanol–water partition coefficient (Wildman–Crippen LogP) is -0.0556. The second kappa shape index (κ2) is 11.8. The van der Waals surface area contributed by atoms with Gasteiger partial charge < -0.3 is 36.8 Å². The molecule has 5 aliphatic rings. The first-order valence-corrected chi connectivity index (χ1v) is 15.4. The number of nitrogens with zero attached hydrogens (tertiary/aromatic N) is 2. The molecule has 0 unspecified atom stereocenters. The molecule has 2 saturated heterocycles. The Hall–Kier alpha value is -4.34. The van der Waals surface area contributed by atoms with Crippen LogP contribution in [0.3, 0.4) is 0 Å². The van der Waals surface area contributed by atoms with Crippen molar-refractivity contribution in [3.8, 4) is 5.75 Å². The van der Waals surface area contributed by atoms with Crippen LogP contribution in [-0.4, -0.2) is 110 Å². The number of carbonyl (C=O) groups excluding carboxylic acids is 5. The fraction of sp³-hybridized carbons (Fsp3) is 0.516. The highest BCUT2D eigenvalue weighted by Crippen LogP contribution is 2.52. The summed E-state index contributed by atoms with van der Waals surface area (Å²) in [7, 11) is 0. The predicted molar refractivity (Wildman–Crippen MR) is 158 cm³/mol. The Kier molecular flexibility index (Phi) is 8.11. The van der Waals surface area contributed by atoms with Crippen molar-refractivity contribution in [2.75, 3.05) is 44.6 Å². The zero-order valence-corrected chi connectivity index (χ0v) is 25.0. The molecule has 2 aliphatic heterocycles. The van der Waals surface area contributed by atoms with Crippen LogP contribution in [0.5, 0.6) is 5.75 Å². The first-order chi connectivity index (χ1) is 21.8. The van der Waals surface area contributed by atoms with Gasteiger partial charge >= 0.3 is 0 Å². The van der Waals surface area contributed by atoms with E-state index in [4.69, 9.17) is 5.73 Å². The summed E-state index contributed by atoms with van der Waals surface area (Å²) in [6, 6.07) is -0.664. The lowest BCUT2D eigenvalue weighted by Gasteiger charge is -2.48. The number of halogens is 1. The van der Waals surface area contributed by atoms with Crippen molar-refractivity contribution in [3.63, 3.8) is 0 Å². The number of nitrogens with one attached hydrogen (secondary N) is 2. The van der Waals surface area contributed by atoms with Crippen molar-refractivity contribution in [2.24, 2.45) is 17.6 Å². The molecule has 4 atom stereocenters. The first-order valence-electron chi connectivity index (χ1n) is 15.4. The molecule has 0 spiro atoms. The number of ketones is 2. The molecular weight excluding hydrogens is 605 g/mol. The number of aromatic hydroxyl groups is 1. The van der Waals surface area contributed by atoms with Gasteiger partial charge in [0.1, 0.15) is 22.9 Å². The fourth-order valence-corrected chi connectivity index (χ4v) is 7.66. The quantitative estimate of drug-likeness (QED) is 0.154. The number of anilines is 1. The zero-order chi connectivity index (χ0) is 33.1. The van der Waals surface area contributed by atoms with Gasteiger partial charge in [-0.25, -0.2) is 4.39 Å². The van der Waals surface area contributed by atoms with Crippen molar-refractivity contribution >= 4 is 35.0 Å². The molecule has 2 fully saturated rings. The molecule has 8 N–H and O–H groups in total. The van der Waals surface area contributed by atoms with Crippen molar-refractivity contribution in [1.29, 1.82) is 0 Å². The number of fused-ring (bicyclic) bond motifs is 3. The molecule has 3 aliphatic carbocycles. The number of hydrogen-bond acceptors (Lipinski definition) is 11. The first kappa shape index (κ1) is 31.6. The number of likely N-dealkylation sites (tertiary alicyclic amines) is 2. The van der Waals surface area contributed by atoms with Crippen LogP contribution in [0.4, 0.5) is 10.1 Å². The Bertz CT molecular complexity index is 1610. The molecule has 2 heterocycles. The smallest absolute Gasteiger partial charge is 0.255 e. The minimum Gasteiger partial charge on any atom is -0.509 e. The fourth-order valence-electron chi connectivity index (χ4n) is 7.66. The Morgan fingerprint density at radius 3 is 2.15 bits per heavy atom. The summed E-state index contributed by atoms with van der Waals surface area (Å²) in [5.74, 6) is -11.3. The van der Waals surface area contributed by atoms with E-state index in [1.807, 2.05) is 9.80 Å². The number of phenols is 1. The van der Waals surface area contributed by atoms with E-state index in [9.17, 15) is 44.4 Å². The molecule has 14 nitrogen and oxygen atoms in total. The highest BCUT2D eigenvalue weighted by atomic mass is 19.1. The molecule has 0 radical (unpaired) electrons. The van der Waals surface area contributed by atoms with Gasteiger partial charge in [-0.05, 0) is 70.6 Å². The Morgan fingerprint density at radius 2 is 1.57 bits per heavy atom. The van der Waals surface area contributed by atoms with Gasteiger partial charge in [-0.15, -0.1) is 0 Å². The number of hydrogen-bond donors (Lipinski definition) is 7. The third-order valence-corrected chi connectivity index (χ3v) is 9.87. The van der Waals surface area contributed by atoms with Crippen LogP contribution >= 0.6 is 0 Å². The number of nitrogens with two attached hydrogens (primary N) is 1. The Morgan fingerprint density at radius 1 is 0.978 bits per heavy atom. The number of phenolic OH excluding ortho intramolecular Hbond substituents is 1. The van der Waals surface area contributed by atoms with Crippen molar-refractivity contribution < 1.29 is 48.8 Å². The maximum atomic E-state index is 15.5. The summed E-state index contributed by atoms with van der Waals surface area (Å²) in [5, 5.41) is 50.4. The largest absolute Gasteiger partial charge is 0.509 e. The third-order valence-electron chi connectivity index (χ3n) is 9.87. The van der Waals surface area contributed by atoms with Crippen LogP contribution in [0.1, 0.15) is 48.0 Å². The topological polar surface area (TPSA) is 223 Å². The van der Waals surface area contributed by atoms with Crippen LogP contribution < -0.4 is 16.4 Å². The van der Waals surface area contributed by atoms with Crippen molar-refractivity contribution in [1.82, 2.24) is 15.1 Å². The van der Waals surface area contributed by atoms with Crippen molar-refractivity contribution in [2.45, 2.75) is 50.2 Å². The van der Waals surface area contributed by atoms with E-state index in [2.05, 4.69) is 10.6 Å². The summed E-state index contributed by atoms with van der Waals surface area (Å²) in [5.41, 5.74) is -0.261. The van der Waals surface area contributed by atoms with E-state index >= 15 is 4.39 Å². The van der Waals surface area contributed by atoms with E-state index in [1.54, 1.807) is 0 Å². The van der Waals surface area contributed by atoms with E-state index in [1.165, 1.54) is 0 Å². The lowest BCUT2D eigenvalue weighted by atomic mass is 9.58. The SMILES string of the molecule is NC(=O)C1=C(O)[C@@H](NC(=O)CN2CCCC2)[C@@H]2C[C@@H]3Cc4c(F)cc(NC(=O)CN5CCCC5)c(O)c4C(=O)C3=C(O)[C@]2(O)C1=O. The normalized spacial score (nSPS) is 28.2. The summed E-state index contributed by atoms with van der Waals surface area (Å²) in [6.07, 6.45) is 3.05. The second-order valence-corrected chi connectivity index (χ2v) is 12.7. The maximum Gasteiger partial charge on any atom is 0.255 e. The molecule has 0 bridgehead atoms. The minimum absolute atomic E-state index is 0.00503. The zero-order valence-electron chi connectivity index (χ0n) is 25.0. The maximum absolute atomic E-state index is 15.5. The third kappa shape index (κ3) is 5.11. The van der Waals surface area contributed by atoms with Gasteiger partial charge in [-0.2, -0.15) is 0 Å². The number of allylic oxidation sites excluding steroid dienone is 1. The molecule has 6 rings (SSSR count). The molecule has 3 amide bonds. The summed E-state index contributed by atoms with van der Waals surface area (Å²) < 4.78 is 15.5. The van der Waals surface area contributed by atoms with Gasteiger partial charge in [0.25, 0.3) is 5.91 Å². The molecule has 1 aromatic carbocycles. The number of carbonyl (C=O) groups is 5. The molecule has 0 aromatic heterocycles. The van der Waals surface area contributed by atoms with Crippen LogP contribution in [0.2, 0.25) is 0 Å². The molecule has 1 aromatic rings. The Balaban J connectivity index is 1.36. The second-order valence-electron chi connectivity index (χ2n) is 12.7. The standard InChI is InChI=1S/C31H36FN5O9/c32-17-11-18(34-19(38)12-36-5-1-2-6-36)25(40)22-15(17)9-14-10-16-24(35-20(39)13-37-7-3-4-8-37)27(42)23(30(33)45)29(44)31(16,46)28(43)21(14)26(22)41/h11,14,16,24,40,42-43,46H,1-10,12-13H2,(H2,33,45)(H,34,38)(H,35,39)/t14-,16-,24-,31-/m0/s1. The number of amides is 3. The lowest BCUT2D eigenvalue weighted by Crippen LogP contribution is -2.65. The summed E-state index contributed by atoms with van der Waals surface area (Å²) >= 11 is 0. The number of primary amides is 1. The molecule has 0 saturated carbocycles. The van der Waals surface area contributed by atoms with Crippen LogP contribution in [0.25, 0.3) is 0 Å². The number of Topliss-reactive ketones (excluding diaryl/α,β-unsaturated/α-hetero) is 2. The average molecular weight is 642 g/mol. The van der Waals surface area contributed by atoms with Crippen molar-refractivity contribution in [3.05, 3.63) is 45.7 Å². The van der Waals surface area contributed by atoms with E-state index in [0.29, 0.717) is 26.2 Å². The van der Waals surface area contributed by atoms with E-state index in [-0.39, 0.29) is 37.2 Å². The molecule has 246 valence electrons. The molecule has 46 heavy (non-hydrogen) atoms. The average Bonchev–Trinajstić information content (AvgIpc) is 3.70. The number of rotatable bonds is 7. The monoisotopic (exact) mass is 641 g/mol. The number of benzene rings is 1. The lowest BCUT2D eigenvalue weighted by molar-refractivity contribution is -0.147. The van der Waals surface area contributed by atoms with Gasteiger partial charge in [-0.3, -0.25) is 33.8 Å². The van der Waals surface area contributed by atoms with E-state index in [0.717, 1.165) is 31.7 Å². The van der Waals surface area contributed by atoms with Crippen LogP contribution in [0.15, 0.2) is 28.7 Å². The molecular formula is C31H36FN5O9. The number of aliphatic hydroxyl groups excluding tert-OH is 2. The summed E-state index contributed by atoms with van der Waals surface area (Å²) in [4.78, 5) is 69.1. The highest BCUT2D eigenvalue weighted by Gasteiger charge is 2.63. The van der Waals surface area contributed by atoms with Crippen LogP contribution in [-0.2, 0) is 25.6 Å². The Labute approximate surface area is 262 Å². The van der Waals surface area contributed by atoms with Gasteiger partial charge in [0.05, 0.1) is 30.4 Å². The van der Waals surface area contributed by atoms with Gasteiger partial charge in [-0.1, -0.05) is 0 Å². The molecule has 15 heteroatoms. The summed E-state index contributed by atoms with van der Waals surface area (Å²) in [6.45, 7) is 2.67.